The predicted molar refractivity (Wildman–Crippen MR) is 95.0 cm³/mol. The minimum absolute atomic E-state index is 0.0197. The van der Waals surface area contributed by atoms with Crippen LogP contribution in [0.15, 0.2) is 23.6 Å². The molecule has 1 aliphatic rings. The summed E-state index contributed by atoms with van der Waals surface area (Å²) in [4.78, 5) is 19.1. The zero-order valence-corrected chi connectivity index (χ0v) is 15.1. The first-order chi connectivity index (χ1) is 11.6. The van der Waals surface area contributed by atoms with E-state index in [-0.39, 0.29) is 5.91 Å². The van der Waals surface area contributed by atoms with Crippen LogP contribution in [-0.2, 0) is 0 Å². The van der Waals surface area contributed by atoms with E-state index in [2.05, 4.69) is 11.9 Å². The molecule has 1 fully saturated rings. The van der Waals surface area contributed by atoms with Crippen molar-refractivity contribution in [1.29, 1.82) is 0 Å². The average molecular weight is 346 g/mol. The molecule has 1 saturated heterocycles. The lowest BCUT2D eigenvalue weighted by atomic mass is 9.99. The summed E-state index contributed by atoms with van der Waals surface area (Å²) in [7, 11) is 3.21. The lowest BCUT2D eigenvalue weighted by Crippen LogP contribution is -2.38. The standard InChI is InChI=1S/C18H22N2O3S/c1-12-7-9-20(10-8-12)18(21)14-11-24-17(19-14)13-5-4-6-15(22-2)16(13)23-3/h4-6,11-12H,7-10H2,1-3H3. The number of nitrogens with zero attached hydrogens (tertiary/aromatic N) is 2. The normalized spacial score (nSPS) is 15.4. The van der Waals surface area contributed by atoms with E-state index in [0.29, 0.717) is 23.1 Å². The summed E-state index contributed by atoms with van der Waals surface area (Å²) >= 11 is 1.45. The van der Waals surface area contributed by atoms with Crippen LogP contribution in [0.5, 0.6) is 11.5 Å². The molecule has 0 atom stereocenters. The van der Waals surface area contributed by atoms with Crippen molar-refractivity contribution in [3.05, 3.63) is 29.3 Å². The van der Waals surface area contributed by atoms with Gasteiger partial charge in [-0.25, -0.2) is 4.98 Å². The molecule has 1 aromatic heterocycles. The van der Waals surface area contributed by atoms with E-state index >= 15 is 0 Å². The topological polar surface area (TPSA) is 51.7 Å². The number of aromatic nitrogens is 1. The third-order valence-corrected chi connectivity index (χ3v) is 5.30. The fourth-order valence-electron chi connectivity index (χ4n) is 2.92. The van der Waals surface area contributed by atoms with E-state index in [4.69, 9.17) is 9.47 Å². The van der Waals surface area contributed by atoms with E-state index in [1.807, 2.05) is 28.5 Å². The van der Waals surface area contributed by atoms with Crippen molar-refractivity contribution < 1.29 is 14.3 Å². The van der Waals surface area contributed by atoms with Crippen LogP contribution < -0.4 is 9.47 Å². The van der Waals surface area contributed by atoms with Crippen molar-refractivity contribution >= 4 is 17.2 Å². The zero-order chi connectivity index (χ0) is 17.1. The van der Waals surface area contributed by atoms with Gasteiger partial charge in [0.1, 0.15) is 10.7 Å². The fraction of sp³-hybridized carbons (Fsp3) is 0.444. The van der Waals surface area contributed by atoms with Gasteiger partial charge in [0.25, 0.3) is 5.91 Å². The molecule has 0 N–H and O–H groups in total. The van der Waals surface area contributed by atoms with E-state index in [1.165, 1.54) is 11.3 Å². The van der Waals surface area contributed by atoms with Crippen LogP contribution in [-0.4, -0.2) is 43.1 Å². The van der Waals surface area contributed by atoms with E-state index < -0.39 is 0 Å². The molecule has 0 radical (unpaired) electrons. The number of para-hydroxylation sites is 1. The van der Waals surface area contributed by atoms with Gasteiger partial charge >= 0.3 is 0 Å². The third kappa shape index (κ3) is 3.24. The van der Waals surface area contributed by atoms with E-state index in [9.17, 15) is 4.79 Å². The van der Waals surface area contributed by atoms with Crippen LogP contribution >= 0.6 is 11.3 Å². The first-order valence-corrected chi connectivity index (χ1v) is 8.98. The predicted octanol–water partition coefficient (Wildman–Crippen LogP) is 3.70. The molecule has 0 unspecified atom stereocenters. The Kier molecular flexibility index (Phi) is 5.04. The number of carbonyl (C=O) groups excluding carboxylic acids is 1. The van der Waals surface area contributed by atoms with Gasteiger partial charge in [-0.1, -0.05) is 13.0 Å². The fourth-order valence-corrected chi connectivity index (χ4v) is 3.74. The van der Waals surface area contributed by atoms with Crippen LogP contribution in [0.2, 0.25) is 0 Å². The number of ether oxygens (including phenoxy) is 2. The number of hydrogen-bond acceptors (Lipinski definition) is 5. The molecule has 128 valence electrons. The molecule has 0 bridgehead atoms. The van der Waals surface area contributed by atoms with Crippen LogP contribution in [0.1, 0.15) is 30.3 Å². The summed E-state index contributed by atoms with van der Waals surface area (Å²) in [5.41, 5.74) is 1.35. The maximum Gasteiger partial charge on any atom is 0.273 e. The summed E-state index contributed by atoms with van der Waals surface area (Å²) in [5, 5.41) is 2.59. The van der Waals surface area contributed by atoms with Gasteiger partial charge in [-0.15, -0.1) is 11.3 Å². The Morgan fingerprint density at radius 1 is 1.25 bits per heavy atom. The molecule has 1 aromatic carbocycles. The van der Waals surface area contributed by atoms with Crippen molar-refractivity contribution in [1.82, 2.24) is 9.88 Å². The molecule has 0 spiro atoms. The molecule has 24 heavy (non-hydrogen) atoms. The van der Waals surface area contributed by atoms with Crippen molar-refractivity contribution in [2.75, 3.05) is 27.3 Å². The minimum Gasteiger partial charge on any atom is -0.493 e. The van der Waals surface area contributed by atoms with Gasteiger partial charge in [0.2, 0.25) is 0 Å². The van der Waals surface area contributed by atoms with Gasteiger partial charge < -0.3 is 14.4 Å². The Bertz CT molecular complexity index is 721. The number of benzene rings is 1. The Balaban J connectivity index is 1.85. The van der Waals surface area contributed by atoms with Crippen molar-refractivity contribution in [3.63, 3.8) is 0 Å². The number of methoxy groups -OCH3 is 2. The molecule has 0 saturated carbocycles. The van der Waals surface area contributed by atoms with Crippen molar-refractivity contribution in [2.45, 2.75) is 19.8 Å². The summed E-state index contributed by atoms with van der Waals surface area (Å²) in [5.74, 6) is 2.01. The Morgan fingerprint density at radius 2 is 2.00 bits per heavy atom. The molecule has 2 heterocycles. The van der Waals surface area contributed by atoms with Gasteiger partial charge in [0.05, 0.1) is 19.8 Å². The molecule has 1 amide bonds. The lowest BCUT2D eigenvalue weighted by molar-refractivity contribution is 0.0692. The maximum atomic E-state index is 12.6. The number of amides is 1. The lowest BCUT2D eigenvalue weighted by Gasteiger charge is -2.29. The highest BCUT2D eigenvalue weighted by Gasteiger charge is 2.24. The van der Waals surface area contributed by atoms with Crippen LogP contribution in [0.4, 0.5) is 0 Å². The van der Waals surface area contributed by atoms with E-state index in [0.717, 1.165) is 36.5 Å². The molecular weight excluding hydrogens is 324 g/mol. The Morgan fingerprint density at radius 3 is 2.67 bits per heavy atom. The van der Waals surface area contributed by atoms with Gasteiger partial charge in [-0.2, -0.15) is 0 Å². The van der Waals surface area contributed by atoms with Gasteiger partial charge in [0, 0.05) is 18.5 Å². The first kappa shape index (κ1) is 16.8. The number of rotatable bonds is 4. The smallest absolute Gasteiger partial charge is 0.273 e. The molecular formula is C18H22N2O3S. The monoisotopic (exact) mass is 346 g/mol. The Labute approximate surface area is 146 Å². The van der Waals surface area contributed by atoms with Gasteiger partial charge in [-0.05, 0) is 30.9 Å². The van der Waals surface area contributed by atoms with Gasteiger partial charge in [0.15, 0.2) is 11.5 Å². The number of piperidine rings is 1. The summed E-state index contributed by atoms with van der Waals surface area (Å²) < 4.78 is 10.8. The largest absolute Gasteiger partial charge is 0.493 e. The highest BCUT2D eigenvalue weighted by Crippen LogP contribution is 2.39. The average Bonchev–Trinajstić information content (AvgIpc) is 3.10. The summed E-state index contributed by atoms with van der Waals surface area (Å²) in [6.07, 6.45) is 2.12. The van der Waals surface area contributed by atoms with Gasteiger partial charge in [-0.3, -0.25) is 4.79 Å². The first-order valence-electron chi connectivity index (χ1n) is 8.10. The zero-order valence-electron chi connectivity index (χ0n) is 14.2. The van der Waals surface area contributed by atoms with Crippen LogP contribution in [0, 0.1) is 5.92 Å². The molecule has 0 aliphatic carbocycles. The SMILES string of the molecule is COc1cccc(-c2nc(C(=O)N3CCC(C)CC3)cs2)c1OC. The number of likely N-dealkylation sites (tertiary alicyclic amines) is 1. The van der Waals surface area contributed by atoms with Crippen molar-refractivity contribution in [2.24, 2.45) is 5.92 Å². The molecule has 1 aliphatic heterocycles. The maximum absolute atomic E-state index is 12.6. The molecule has 3 rings (SSSR count). The van der Waals surface area contributed by atoms with Crippen LogP contribution in [0.3, 0.4) is 0 Å². The van der Waals surface area contributed by atoms with E-state index in [1.54, 1.807) is 14.2 Å². The quantitative estimate of drug-likeness (QED) is 0.847. The molecule has 6 heteroatoms. The number of hydrogen-bond donors (Lipinski definition) is 0. The molecule has 5 nitrogen and oxygen atoms in total. The van der Waals surface area contributed by atoms with Crippen molar-refractivity contribution in [3.8, 4) is 22.1 Å². The number of thiazole rings is 1. The highest BCUT2D eigenvalue weighted by molar-refractivity contribution is 7.13. The highest BCUT2D eigenvalue weighted by atomic mass is 32.1. The molecule has 2 aromatic rings. The third-order valence-electron chi connectivity index (χ3n) is 4.43. The summed E-state index contributed by atoms with van der Waals surface area (Å²) in [6, 6.07) is 5.67. The summed E-state index contributed by atoms with van der Waals surface area (Å²) in [6.45, 7) is 3.86. The minimum atomic E-state index is 0.0197. The second-order valence-electron chi connectivity index (χ2n) is 6.05. The van der Waals surface area contributed by atoms with Crippen LogP contribution in [0.25, 0.3) is 10.6 Å². The second kappa shape index (κ2) is 7.21. The Hall–Kier alpha value is -2.08. The number of carbonyl (C=O) groups is 1. The second-order valence-corrected chi connectivity index (χ2v) is 6.91.